The Bertz CT molecular complexity index is 1270. The van der Waals surface area contributed by atoms with E-state index in [1.807, 2.05) is 13.0 Å². The number of nitrogens with zero attached hydrogens (tertiary/aromatic N) is 2. The van der Waals surface area contributed by atoms with Gasteiger partial charge >= 0.3 is 0 Å². The van der Waals surface area contributed by atoms with Crippen molar-refractivity contribution in [1.82, 2.24) is 0 Å². The van der Waals surface area contributed by atoms with Crippen molar-refractivity contribution in [2.75, 3.05) is 10.1 Å². The summed E-state index contributed by atoms with van der Waals surface area (Å²) in [6.07, 6.45) is 1.30. The zero-order valence-electron chi connectivity index (χ0n) is 16.7. The first kappa shape index (κ1) is 21.8. The van der Waals surface area contributed by atoms with Gasteiger partial charge in [0.05, 0.1) is 21.7 Å². The summed E-state index contributed by atoms with van der Waals surface area (Å²) < 4.78 is 28.0. The normalized spacial score (nSPS) is 11.4. The summed E-state index contributed by atoms with van der Waals surface area (Å²) in [6.45, 7) is 3.66. The number of para-hydroxylation sites is 1. The number of hydrogen-bond donors (Lipinski definition) is 3. The highest BCUT2D eigenvalue weighted by molar-refractivity contribution is 7.92. The number of rotatable bonds is 7. The van der Waals surface area contributed by atoms with Crippen LogP contribution in [0.2, 0.25) is 0 Å². The molecule has 0 spiro atoms. The molecule has 10 heteroatoms. The fraction of sp³-hybridized carbons (Fsp3) is 0.0952. The smallest absolute Gasteiger partial charge is 0.295 e. The zero-order chi connectivity index (χ0) is 22.6. The lowest BCUT2D eigenvalue weighted by atomic mass is 10.1. The molecule has 0 radical (unpaired) electrons. The summed E-state index contributed by atoms with van der Waals surface area (Å²) in [6, 6.07) is 15.1. The summed E-state index contributed by atoms with van der Waals surface area (Å²) in [5.74, 6) is 0.00136. The van der Waals surface area contributed by atoms with Crippen LogP contribution in [-0.4, -0.2) is 24.7 Å². The molecule has 0 aliphatic carbocycles. The van der Waals surface area contributed by atoms with Crippen LogP contribution in [0.5, 0.6) is 5.75 Å². The zero-order valence-corrected chi connectivity index (χ0v) is 17.6. The second kappa shape index (κ2) is 8.84. The van der Waals surface area contributed by atoms with E-state index in [9.17, 15) is 23.6 Å². The predicted molar refractivity (Wildman–Crippen MR) is 119 cm³/mol. The average molecular weight is 440 g/mol. The van der Waals surface area contributed by atoms with Crippen LogP contribution in [0.25, 0.3) is 0 Å². The number of sulfonamides is 1. The van der Waals surface area contributed by atoms with Gasteiger partial charge in [-0.15, -0.1) is 0 Å². The van der Waals surface area contributed by atoms with E-state index in [0.29, 0.717) is 11.3 Å². The van der Waals surface area contributed by atoms with E-state index in [1.54, 1.807) is 37.3 Å². The van der Waals surface area contributed by atoms with Crippen molar-refractivity contribution in [3.05, 3.63) is 87.5 Å². The third-order valence-corrected chi connectivity index (χ3v) is 5.79. The molecule has 3 N–H and O–H groups in total. The maximum absolute atomic E-state index is 12.7. The summed E-state index contributed by atoms with van der Waals surface area (Å²) in [5, 5.41) is 25.1. The Morgan fingerprint density at radius 3 is 2.42 bits per heavy atom. The SMILES string of the molecule is Cc1ccc(NS(=O)(=O)c2ccc(N/N=C/c3ccccc3O)c([N+](=O)[O-])c2)c(C)c1. The minimum Gasteiger partial charge on any atom is -0.507 e. The minimum atomic E-state index is -4.04. The Morgan fingerprint density at radius 2 is 1.74 bits per heavy atom. The van der Waals surface area contributed by atoms with E-state index in [4.69, 9.17) is 0 Å². The molecule has 0 bridgehead atoms. The summed E-state index contributed by atoms with van der Waals surface area (Å²) in [5.41, 5.74) is 4.57. The number of benzene rings is 3. The van der Waals surface area contributed by atoms with Crippen molar-refractivity contribution in [3.63, 3.8) is 0 Å². The highest BCUT2D eigenvalue weighted by Gasteiger charge is 2.22. The van der Waals surface area contributed by atoms with Gasteiger partial charge in [-0.2, -0.15) is 5.10 Å². The number of hydrazone groups is 1. The van der Waals surface area contributed by atoms with E-state index in [1.165, 1.54) is 24.4 Å². The number of hydrogen-bond acceptors (Lipinski definition) is 7. The van der Waals surface area contributed by atoms with Crippen LogP contribution in [0.1, 0.15) is 16.7 Å². The van der Waals surface area contributed by atoms with Crippen LogP contribution >= 0.6 is 0 Å². The maximum Gasteiger partial charge on any atom is 0.295 e. The topological polar surface area (TPSA) is 134 Å². The first-order chi connectivity index (χ1) is 14.7. The van der Waals surface area contributed by atoms with Crippen LogP contribution in [-0.2, 0) is 10.0 Å². The monoisotopic (exact) mass is 440 g/mol. The molecule has 0 saturated heterocycles. The summed E-state index contributed by atoms with van der Waals surface area (Å²) in [7, 11) is -4.04. The Morgan fingerprint density at radius 1 is 1.03 bits per heavy atom. The number of anilines is 2. The molecule has 0 aliphatic heterocycles. The highest BCUT2D eigenvalue weighted by Crippen LogP contribution is 2.29. The third kappa shape index (κ3) is 5.17. The first-order valence-electron chi connectivity index (χ1n) is 9.13. The highest BCUT2D eigenvalue weighted by atomic mass is 32.2. The second-order valence-corrected chi connectivity index (χ2v) is 8.47. The Kier molecular flexibility index (Phi) is 6.21. The molecule has 0 saturated carbocycles. The van der Waals surface area contributed by atoms with E-state index >= 15 is 0 Å². The van der Waals surface area contributed by atoms with Gasteiger partial charge in [0.1, 0.15) is 11.4 Å². The molecule has 3 aromatic rings. The van der Waals surface area contributed by atoms with Gasteiger partial charge in [0.2, 0.25) is 0 Å². The predicted octanol–water partition coefficient (Wildman–Crippen LogP) is 4.16. The molecule has 0 unspecified atom stereocenters. The number of nitro benzene ring substituents is 1. The lowest BCUT2D eigenvalue weighted by Gasteiger charge is -2.12. The van der Waals surface area contributed by atoms with Gasteiger partial charge < -0.3 is 5.11 Å². The molecular weight excluding hydrogens is 420 g/mol. The molecule has 9 nitrogen and oxygen atoms in total. The van der Waals surface area contributed by atoms with Gasteiger partial charge in [-0.25, -0.2) is 8.42 Å². The minimum absolute atomic E-state index is 0.00136. The van der Waals surface area contributed by atoms with Crippen LogP contribution < -0.4 is 10.1 Å². The fourth-order valence-corrected chi connectivity index (χ4v) is 3.97. The van der Waals surface area contributed by atoms with Crippen molar-refractivity contribution < 1.29 is 18.4 Å². The van der Waals surface area contributed by atoms with E-state index < -0.39 is 20.6 Å². The van der Waals surface area contributed by atoms with Crippen molar-refractivity contribution in [2.24, 2.45) is 5.10 Å². The third-order valence-electron chi connectivity index (χ3n) is 4.43. The standard InChI is InChI=1S/C21H20N4O5S/c1-14-7-9-18(15(2)11-14)24-31(29,30)17-8-10-19(20(12-17)25(27)28)23-22-13-16-5-3-4-6-21(16)26/h3-13,23-24,26H,1-2H3/b22-13+. The van der Waals surface area contributed by atoms with Crippen molar-refractivity contribution >= 4 is 33.3 Å². The Hall–Kier alpha value is -3.92. The summed E-state index contributed by atoms with van der Waals surface area (Å²) >= 11 is 0. The number of phenols is 1. The molecule has 0 atom stereocenters. The summed E-state index contributed by atoms with van der Waals surface area (Å²) in [4.78, 5) is 10.5. The van der Waals surface area contributed by atoms with Crippen LogP contribution in [0, 0.1) is 24.0 Å². The second-order valence-electron chi connectivity index (χ2n) is 6.79. The van der Waals surface area contributed by atoms with E-state index in [2.05, 4.69) is 15.2 Å². The molecule has 0 heterocycles. The van der Waals surface area contributed by atoms with Gasteiger partial charge in [-0.1, -0.05) is 29.8 Å². The largest absolute Gasteiger partial charge is 0.507 e. The number of aryl methyl sites for hydroxylation is 2. The van der Waals surface area contributed by atoms with Crippen LogP contribution in [0.15, 0.2) is 70.7 Å². The molecule has 0 fully saturated rings. The number of aromatic hydroxyl groups is 1. The molecule has 3 aromatic carbocycles. The van der Waals surface area contributed by atoms with Crippen molar-refractivity contribution in [1.29, 1.82) is 0 Å². The van der Waals surface area contributed by atoms with Crippen molar-refractivity contribution in [2.45, 2.75) is 18.7 Å². The van der Waals surface area contributed by atoms with Crippen LogP contribution in [0.4, 0.5) is 17.1 Å². The molecule has 160 valence electrons. The van der Waals surface area contributed by atoms with Crippen molar-refractivity contribution in [3.8, 4) is 5.75 Å². The molecule has 3 rings (SSSR count). The first-order valence-corrected chi connectivity index (χ1v) is 10.6. The van der Waals surface area contributed by atoms with Gasteiger partial charge in [0, 0.05) is 11.6 Å². The van der Waals surface area contributed by atoms with E-state index in [0.717, 1.165) is 17.2 Å². The molecule has 0 aromatic heterocycles. The van der Waals surface area contributed by atoms with Gasteiger partial charge in [0.15, 0.2) is 0 Å². The average Bonchev–Trinajstić information content (AvgIpc) is 2.71. The molecule has 31 heavy (non-hydrogen) atoms. The Balaban J connectivity index is 1.87. The number of nitro groups is 1. The Labute approximate surface area is 179 Å². The molecular formula is C21H20N4O5S. The fourth-order valence-electron chi connectivity index (χ4n) is 2.82. The number of nitrogens with one attached hydrogen (secondary N) is 2. The van der Waals surface area contributed by atoms with E-state index in [-0.39, 0.29) is 16.3 Å². The molecule has 0 aliphatic rings. The van der Waals surface area contributed by atoms with Gasteiger partial charge in [-0.05, 0) is 49.7 Å². The maximum atomic E-state index is 12.7. The lowest BCUT2D eigenvalue weighted by molar-refractivity contribution is -0.384. The van der Waals surface area contributed by atoms with Gasteiger partial charge in [-0.3, -0.25) is 20.3 Å². The number of phenolic OH excluding ortho intramolecular Hbond substituents is 1. The quantitative estimate of drug-likeness (QED) is 0.287. The van der Waals surface area contributed by atoms with Crippen LogP contribution in [0.3, 0.4) is 0 Å². The molecule has 0 amide bonds. The van der Waals surface area contributed by atoms with Gasteiger partial charge in [0.25, 0.3) is 15.7 Å². The lowest BCUT2D eigenvalue weighted by Crippen LogP contribution is -2.14.